The van der Waals surface area contributed by atoms with Gasteiger partial charge < -0.3 is 20.2 Å². The summed E-state index contributed by atoms with van der Waals surface area (Å²) in [4.78, 5) is 28.8. The number of phosphoric acid groups is 1. The van der Waals surface area contributed by atoms with Crippen LogP contribution in [0.1, 0.15) is 110 Å². The van der Waals surface area contributed by atoms with Crippen LogP contribution in [0, 0.1) is 0 Å². The van der Waals surface area contributed by atoms with Gasteiger partial charge in [-0.3, -0.25) is 9.32 Å². The maximum atomic E-state index is 11.7. The van der Waals surface area contributed by atoms with Gasteiger partial charge in [0.05, 0.1) is 12.7 Å². The Morgan fingerprint density at radius 3 is 1.87 bits per heavy atom. The summed E-state index contributed by atoms with van der Waals surface area (Å²) in [6, 6.07) is 0. The number of phosphoric ester groups is 1. The van der Waals surface area contributed by atoms with Crippen molar-refractivity contribution in [3.8, 4) is 0 Å². The summed E-state index contributed by atoms with van der Waals surface area (Å²) in [5, 5.41) is 12.0. The Hall–Kier alpha value is -0.720. The first kappa shape index (κ1) is 30.3. The Morgan fingerprint density at radius 1 is 0.871 bits per heavy atom. The lowest BCUT2D eigenvalue weighted by molar-refractivity contribution is -0.121. The Bertz CT molecular complexity index is 494. The van der Waals surface area contributed by atoms with Gasteiger partial charge in [-0.2, -0.15) is 0 Å². The lowest BCUT2D eigenvalue weighted by Gasteiger charge is -2.12. The largest absolute Gasteiger partial charge is 0.469 e. The van der Waals surface area contributed by atoms with Crippen LogP contribution in [0.25, 0.3) is 0 Å². The van der Waals surface area contributed by atoms with Crippen molar-refractivity contribution in [1.82, 2.24) is 5.32 Å². The molecule has 4 N–H and O–H groups in total. The molecule has 0 heterocycles. The highest BCUT2D eigenvalue weighted by atomic mass is 31.2. The van der Waals surface area contributed by atoms with Crippen molar-refractivity contribution in [2.24, 2.45) is 0 Å². The summed E-state index contributed by atoms with van der Waals surface area (Å²) >= 11 is 0. The van der Waals surface area contributed by atoms with E-state index in [9.17, 15) is 14.5 Å². The molecule has 0 aromatic heterocycles. The zero-order chi connectivity index (χ0) is 23.2. The molecule has 0 aromatic rings. The summed E-state index contributed by atoms with van der Waals surface area (Å²) in [6.07, 6.45) is 22.4. The molecule has 184 valence electrons. The van der Waals surface area contributed by atoms with Gasteiger partial charge in [0.15, 0.2) is 0 Å². The molecule has 0 saturated heterocycles. The first-order valence-electron chi connectivity index (χ1n) is 12.1. The molecule has 0 saturated carbocycles. The molecule has 0 rings (SSSR count). The number of carbonyl (C=O) groups excluding carboxylic acids is 1. The van der Waals surface area contributed by atoms with Crippen LogP contribution in [0.5, 0.6) is 0 Å². The van der Waals surface area contributed by atoms with E-state index in [1.807, 2.05) is 0 Å². The van der Waals surface area contributed by atoms with E-state index in [0.29, 0.717) is 6.42 Å². The normalized spacial score (nSPS) is 13.0. The number of rotatable bonds is 22. The molecule has 0 fully saturated rings. The highest BCUT2D eigenvalue weighted by molar-refractivity contribution is 7.46. The maximum Gasteiger partial charge on any atom is 0.469 e. The number of carbonyl (C=O) groups is 1. The van der Waals surface area contributed by atoms with Crippen molar-refractivity contribution in [3.63, 3.8) is 0 Å². The zero-order valence-electron chi connectivity index (χ0n) is 19.5. The standard InChI is InChI=1S/C23H46NO6P/c1-2-3-4-5-6-7-8-9-10-11-12-13-14-15-16-17-18-19-23(26)24-20-22(25)21-30-31(27,28)29/h12-13,22,25H,2-11,14-21H2,1H3,(H,24,26)(H2,27,28,29)/b13-12-. The predicted octanol–water partition coefficient (Wildman–Crippen LogP) is 5.39. The van der Waals surface area contributed by atoms with Gasteiger partial charge in [0, 0.05) is 13.0 Å². The average molecular weight is 464 g/mol. The van der Waals surface area contributed by atoms with Crippen LogP contribution in [-0.2, 0) is 13.9 Å². The summed E-state index contributed by atoms with van der Waals surface area (Å²) in [5.74, 6) is -0.170. The number of amides is 1. The average Bonchev–Trinajstić information content (AvgIpc) is 2.72. The molecule has 8 heteroatoms. The van der Waals surface area contributed by atoms with E-state index in [1.165, 1.54) is 64.2 Å². The zero-order valence-corrected chi connectivity index (χ0v) is 20.4. The summed E-state index contributed by atoms with van der Waals surface area (Å²) in [5.41, 5.74) is 0. The Labute approximate surface area is 189 Å². The maximum absolute atomic E-state index is 11.7. The van der Waals surface area contributed by atoms with Crippen LogP contribution in [-0.4, -0.2) is 40.1 Å². The highest BCUT2D eigenvalue weighted by Crippen LogP contribution is 2.35. The summed E-state index contributed by atoms with van der Waals surface area (Å²) in [6.45, 7) is 1.66. The lowest BCUT2D eigenvalue weighted by Crippen LogP contribution is -2.34. The third-order valence-electron chi connectivity index (χ3n) is 5.14. The first-order chi connectivity index (χ1) is 14.8. The first-order valence-corrected chi connectivity index (χ1v) is 13.7. The number of hydrogen-bond donors (Lipinski definition) is 4. The lowest BCUT2D eigenvalue weighted by atomic mass is 10.1. The van der Waals surface area contributed by atoms with Crippen LogP contribution >= 0.6 is 7.82 Å². The Balaban J connectivity index is 3.36. The smallest absolute Gasteiger partial charge is 0.389 e. The second-order valence-corrected chi connectivity index (χ2v) is 9.52. The molecular weight excluding hydrogens is 417 g/mol. The van der Waals surface area contributed by atoms with Crippen LogP contribution in [0.4, 0.5) is 0 Å². The fourth-order valence-electron chi connectivity index (χ4n) is 3.27. The van der Waals surface area contributed by atoms with Crippen LogP contribution in [0.3, 0.4) is 0 Å². The highest BCUT2D eigenvalue weighted by Gasteiger charge is 2.17. The minimum atomic E-state index is -4.59. The minimum Gasteiger partial charge on any atom is -0.389 e. The number of allylic oxidation sites excluding steroid dienone is 2. The van der Waals surface area contributed by atoms with E-state index >= 15 is 0 Å². The fourth-order valence-corrected chi connectivity index (χ4v) is 3.64. The van der Waals surface area contributed by atoms with Crippen molar-refractivity contribution < 1.29 is 28.8 Å². The van der Waals surface area contributed by atoms with Gasteiger partial charge in [0.25, 0.3) is 0 Å². The van der Waals surface area contributed by atoms with Gasteiger partial charge in [-0.05, 0) is 32.1 Å². The molecule has 0 aliphatic rings. The van der Waals surface area contributed by atoms with E-state index in [2.05, 4.69) is 28.9 Å². The molecule has 0 radical (unpaired) electrons. The molecule has 0 aliphatic carbocycles. The van der Waals surface area contributed by atoms with Crippen molar-refractivity contribution in [2.75, 3.05) is 13.2 Å². The van der Waals surface area contributed by atoms with E-state index in [0.717, 1.165) is 32.1 Å². The van der Waals surface area contributed by atoms with Crippen molar-refractivity contribution in [1.29, 1.82) is 0 Å². The van der Waals surface area contributed by atoms with Gasteiger partial charge in [-0.25, -0.2) is 4.57 Å². The van der Waals surface area contributed by atoms with Crippen LogP contribution in [0.15, 0.2) is 12.2 Å². The number of nitrogens with one attached hydrogen (secondary N) is 1. The molecular formula is C23H46NO6P. The number of hydrogen-bond acceptors (Lipinski definition) is 4. The van der Waals surface area contributed by atoms with Crippen LogP contribution < -0.4 is 5.32 Å². The molecule has 0 bridgehead atoms. The van der Waals surface area contributed by atoms with E-state index in [-0.39, 0.29) is 12.5 Å². The topological polar surface area (TPSA) is 116 Å². The Kier molecular flexibility index (Phi) is 20.7. The van der Waals surface area contributed by atoms with E-state index in [4.69, 9.17) is 9.79 Å². The number of unbranched alkanes of at least 4 members (excludes halogenated alkanes) is 13. The second-order valence-electron chi connectivity index (χ2n) is 8.29. The molecule has 0 aromatic carbocycles. The van der Waals surface area contributed by atoms with Crippen LogP contribution in [0.2, 0.25) is 0 Å². The molecule has 1 unspecified atom stereocenters. The monoisotopic (exact) mass is 463 g/mol. The molecule has 0 aliphatic heterocycles. The van der Waals surface area contributed by atoms with Gasteiger partial charge in [-0.15, -0.1) is 0 Å². The third-order valence-corrected chi connectivity index (χ3v) is 5.62. The minimum absolute atomic E-state index is 0.0808. The Morgan fingerprint density at radius 2 is 1.35 bits per heavy atom. The molecule has 1 atom stereocenters. The van der Waals surface area contributed by atoms with Gasteiger partial charge >= 0.3 is 7.82 Å². The summed E-state index contributed by atoms with van der Waals surface area (Å²) < 4.78 is 14.7. The molecule has 1 amide bonds. The van der Waals surface area contributed by atoms with Gasteiger partial charge in [-0.1, -0.05) is 83.3 Å². The molecule has 31 heavy (non-hydrogen) atoms. The van der Waals surface area contributed by atoms with Gasteiger partial charge in [0.1, 0.15) is 0 Å². The van der Waals surface area contributed by atoms with E-state index in [1.54, 1.807) is 0 Å². The summed E-state index contributed by atoms with van der Waals surface area (Å²) in [7, 11) is -4.59. The van der Waals surface area contributed by atoms with Crippen molar-refractivity contribution >= 4 is 13.7 Å². The van der Waals surface area contributed by atoms with Crippen molar-refractivity contribution in [2.45, 2.75) is 116 Å². The van der Waals surface area contributed by atoms with E-state index < -0.39 is 20.5 Å². The second kappa shape index (κ2) is 21.1. The molecule has 7 nitrogen and oxygen atoms in total. The fraction of sp³-hybridized carbons (Fsp3) is 0.870. The quantitative estimate of drug-likeness (QED) is 0.0972. The van der Waals surface area contributed by atoms with Gasteiger partial charge in [0.2, 0.25) is 5.91 Å². The SMILES string of the molecule is CCCCCCCCCCC/C=C\CCCCCCC(=O)NCC(O)COP(=O)(O)O. The molecule has 0 spiro atoms. The number of aliphatic hydroxyl groups excluding tert-OH is 1. The predicted molar refractivity (Wildman–Crippen MR) is 126 cm³/mol. The number of aliphatic hydroxyl groups is 1. The third kappa shape index (κ3) is 25.4. The van der Waals surface area contributed by atoms with Crippen molar-refractivity contribution in [3.05, 3.63) is 12.2 Å².